The Hall–Kier alpha value is -0.120. The maximum absolute atomic E-state index is 10.8. The van der Waals surface area contributed by atoms with Crippen LogP contribution in [0.3, 0.4) is 0 Å². The smallest absolute Gasteiger partial charge is 0.0774 e. The molecule has 3 rings (SSSR count). The van der Waals surface area contributed by atoms with E-state index >= 15 is 0 Å². The second-order valence-corrected chi connectivity index (χ2v) is 7.09. The summed E-state index contributed by atoms with van der Waals surface area (Å²) >= 11 is 0. The lowest BCUT2D eigenvalue weighted by Crippen LogP contribution is -2.50. The number of rotatable bonds is 5. The maximum atomic E-state index is 10.8. The second kappa shape index (κ2) is 6.11. The molecule has 1 atom stereocenters. The zero-order chi connectivity index (χ0) is 13.1. The van der Waals surface area contributed by atoms with Gasteiger partial charge < -0.3 is 10.4 Å². The van der Waals surface area contributed by atoms with Crippen molar-refractivity contribution in [1.82, 2.24) is 10.2 Å². The molecule has 0 bridgehead atoms. The molecule has 2 aliphatic carbocycles. The molecule has 0 aromatic heterocycles. The van der Waals surface area contributed by atoms with E-state index < -0.39 is 0 Å². The van der Waals surface area contributed by atoms with E-state index in [4.69, 9.17) is 0 Å². The summed E-state index contributed by atoms with van der Waals surface area (Å²) in [4.78, 5) is 2.61. The molecule has 2 saturated carbocycles. The molecule has 0 aromatic rings. The van der Waals surface area contributed by atoms with Crippen LogP contribution in [0.1, 0.15) is 64.2 Å². The van der Waals surface area contributed by atoms with Gasteiger partial charge in [-0.15, -0.1) is 0 Å². The standard InChI is InChI=1S/C16H30N2O/c19-16(9-3-1-4-10-16)13-18(15-7-8-15)12-14-6-2-5-11-17-14/h14-15,17,19H,1-13H2. The van der Waals surface area contributed by atoms with Crippen molar-refractivity contribution >= 4 is 0 Å². The number of nitrogens with zero attached hydrogens (tertiary/aromatic N) is 1. The van der Waals surface area contributed by atoms with E-state index in [0.29, 0.717) is 6.04 Å². The molecule has 0 radical (unpaired) electrons. The number of hydrogen-bond acceptors (Lipinski definition) is 3. The molecule has 1 unspecified atom stereocenters. The average Bonchev–Trinajstić information content (AvgIpc) is 3.24. The van der Waals surface area contributed by atoms with Gasteiger partial charge in [0, 0.05) is 25.2 Å². The topological polar surface area (TPSA) is 35.5 Å². The molecule has 1 saturated heterocycles. The number of piperidine rings is 1. The highest BCUT2D eigenvalue weighted by Gasteiger charge is 2.38. The number of nitrogens with one attached hydrogen (secondary N) is 1. The molecule has 3 heteroatoms. The Kier molecular flexibility index (Phi) is 4.45. The summed E-state index contributed by atoms with van der Waals surface area (Å²) in [5.74, 6) is 0. The minimum Gasteiger partial charge on any atom is -0.389 e. The third kappa shape index (κ3) is 3.93. The van der Waals surface area contributed by atoms with Crippen LogP contribution in [-0.4, -0.2) is 47.3 Å². The lowest BCUT2D eigenvalue weighted by atomic mass is 9.84. The van der Waals surface area contributed by atoms with Crippen molar-refractivity contribution in [2.24, 2.45) is 0 Å². The Morgan fingerprint density at radius 2 is 1.79 bits per heavy atom. The van der Waals surface area contributed by atoms with Gasteiger partial charge in [0.2, 0.25) is 0 Å². The van der Waals surface area contributed by atoms with Crippen LogP contribution in [0.15, 0.2) is 0 Å². The highest BCUT2D eigenvalue weighted by Crippen LogP contribution is 2.34. The Morgan fingerprint density at radius 1 is 1.00 bits per heavy atom. The van der Waals surface area contributed by atoms with Crippen LogP contribution < -0.4 is 5.32 Å². The zero-order valence-electron chi connectivity index (χ0n) is 12.2. The fourth-order valence-electron chi connectivity index (χ4n) is 3.89. The molecule has 1 aliphatic heterocycles. The van der Waals surface area contributed by atoms with Crippen LogP contribution in [-0.2, 0) is 0 Å². The lowest BCUT2D eigenvalue weighted by molar-refractivity contribution is -0.0304. The van der Waals surface area contributed by atoms with E-state index in [-0.39, 0.29) is 5.60 Å². The SMILES string of the molecule is OC1(CN(CC2CCCCN2)C2CC2)CCCCC1. The molecule has 0 aromatic carbocycles. The lowest BCUT2D eigenvalue weighted by Gasteiger charge is -2.39. The molecule has 2 N–H and O–H groups in total. The average molecular weight is 266 g/mol. The monoisotopic (exact) mass is 266 g/mol. The van der Waals surface area contributed by atoms with Crippen LogP contribution >= 0.6 is 0 Å². The quantitative estimate of drug-likeness (QED) is 0.801. The molecule has 3 aliphatic rings. The van der Waals surface area contributed by atoms with Gasteiger partial charge in [-0.05, 0) is 45.1 Å². The van der Waals surface area contributed by atoms with Gasteiger partial charge in [-0.2, -0.15) is 0 Å². The summed E-state index contributed by atoms with van der Waals surface area (Å²) in [7, 11) is 0. The van der Waals surface area contributed by atoms with Crippen molar-refractivity contribution in [3.8, 4) is 0 Å². The Bertz CT molecular complexity index is 278. The highest BCUT2D eigenvalue weighted by molar-refractivity contribution is 4.93. The predicted molar refractivity (Wildman–Crippen MR) is 78.3 cm³/mol. The number of aliphatic hydroxyl groups is 1. The van der Waals surface area contributed by atoms with Gasteiger partial charge in [0.05, 0.1) is 5.60 Å². The van der Waals surface area contributed by atoms with Gasteiger partial charge in [-0.1, -0.05) is 25.7 Å². The summed E-state index contributed by atoms with van der Waals surface area (Å²) in [6.45, 7) is 3.27. The Labute approximate surface area is 117 Å². The van der Waals surface area contributed by atoms with Gasteiger partial charge in [0.15, 0.2) is 0 Å². The van der Waals surface area contributed by atoms with Crippen LogP contribution in [0.5, 0.6) is 0 Å². The predicted octanol–water partition coefficient (Wildman–Crippen LogP) is 2.29. The normalized spacial score (nSPS) is 31.6. The molecular formula is C16H30N2O. The largest absolute Gasteiger partial charge is 0.389 e. The summed E-state index contributed by atoms with van der Waals surface area (Å²) in [6.07, 6.45) is 12.5. The maximum Gasteiger partial charge on any atom is 0.0774 e. The van der Waals surface area contributed by atoms with E-state index in [9.17, 15) is 5.11 Å². The van der Waals surface area contributed by atoms with Crippen LogP contribution in [0.4, 0.5) is 0 Å². The second-order valence-electron chi connectivity index (χ2n) is 7.09. The van der Waals surface area contributed by atoms with E-state index in [1.807, 2.05) is 0 Å². The molecule has 19 heavy (non-hydrogen) atoms. The van der Waals surface area contributed by atoms with Gasteiger partial charge in [0.1, 0.15) is 0 Å². The van der Waals surface area contributed by atoms with E-state index in [0.717, 1.165) is 32.0 Å². The van der Waals surface area contributed by atoms with Crippen molar-refractivity contribution in [1.29, 1.82) is 0 Å². The van der Waals surface area contributed by atoms with Gasteiger partial charge >= 0.3 is 0 Å². The zero-order valence-corrected chi connectivity index (χ0v) is 12.2. The molecular weight excluding hydrogens is 236 g/mol. The molecule has 0 spiro atoms. The first-order chi connectivity index (χ1) is 9.25. The Balaban J connectivity index is 1.54. The number of hydrogen-bond donors (Lipinski definition) is 2. The molecule has 1 heterocycles. The van der Waals surface area contributed by atoms with Crippen LogP contribution in [0, 0.1) is 0 Å². The van der Waals surface area contributed by atoms with Gasteiger partial charge in [-0.3, -0.25) is 4.90 Å². The van der Waals surface area contributed by atoms with Crippen molar-refractivity contribution in [2.45, 2.75) is 81.9 Å². The van der Waals surface area contributed by atoms with Gasteiger partial charge in [-0.25, -0.2) is 0 Å². The first-order valence-corrected chi connectivity index (χ1v) is 8.45. The van der Waals surface area contributed by atoms with E-state index in [1.54, 1.807) is 0 Å². The minimum atomic E-state index is -0.379. The molecule has 3 nitrogen and oxygen atoms in total. The van der Waals surface area contributed by atoms with Crippen LogP contribution in [0.25, 0.3) is 0 Å². The first-order valence-electron chi connectivity index (χ1n) is 8.45. The highest BCUT2D eigenvalue weighted by atomic mass is 16.3. The Morgan fingerprint density at radius 3 is 2.42 bits per heavy atom. The summed E-state index contributed by atoms with van der Waals surface area (Å²) < 4.78 is 0. The minimum absolute atomic E-state index is 0.379. The van der Waals surface area contributed by atoms with Crippen molar-refractivity contribution in [3.63, 3.8) is 0 Å². The van der Waals surface area contributed by atoms with Crippen molar-refractivity contribution < 1.29 is 5.11 Å². The molecule has 110 valence electrons. The summed E-state index contributed by atoms with van der Waals surface area (Å²) in [5.41, 5.74) is -0.379. The first kappa shape index (κ1) is 13.8. The van der Waals surface area contributed by atoms with Crippen LogP contribution in [0.2, 0.25) is 0 Å². The van der Waals surface area contributed by atoms with E-state index in [1.165, 1.54) is 57.9 Å². The molecule has 0 amide bonds. The fraction of sp³-hybridized carbons (Fsp3) is 1.00. The van der Waals surface area contributed by atoms with E-state index in [2.05, 4.69) is 10.2 Å². The van der Waals surface area contributed by atoms with Crippen molar-refractivity contribution in [3.05, 3.63) is 0 Å². The molecule has 3 fully saturated rings. The third-order valence-electron chi connectivity index (χ3n) is 5.21. The fourth-order valence-corrected chi connectivity index (χ4v) is 3.89. The van der Waals surface area contributed by atoms with Gasteiger partial charge in [0.25, 0.3) is 0 Å². The summed E-state index contributed by atoms with van der Waals surface area (Å²) in [6, 6.07) is 1.44. The third-order valence-corrected chi connectivity index (χ3v) is 5.21. The summed E-state index contributed by atoms with van der Waals surface area (Å²) in [5, 5.41) is 14.4. The van der Waals surface area contributed by atoms with Crippen molar-refractivity contribution in [2.75, 3.05) is 19.6 Å².